The molecule has 0 spiro atoms. The lowest BCUT2D eigenvalue weighted by molar-refractivity contribution is -0.116. The van der Waals surface area contributed by atoms with E-state index in [0.29, 0.717) is 12.3 Å². The third-order valence-electron chi connectivity index (χ3n) is 3.26. The van der Waals surface area contributed by atoms with Gasteiger partial charge in [-0.25, -0.2) is 0 Å². The van der Waals surface area contributed by atoms with E-state index in [2.05, 4.69) is 22.5 Å². The van der Waals surface area contributed by atoms with Crippen molar-refractivity contribution >= 4 is 23.3 Å². The minimum atomic E-state index is -0.120. The van der Waals surface area contributed by atoms with Crippen molar-refractivity contribution in [3.05, 3.63) is 59.6 Å². The molecule has 3 aromatic heterocycles. The van der Waals surface area contributed by atoms with Gasteiger partial charge in [0.25, 0.3) is 0 Å². The van der Waals surface area contributed by atoms with Gasteiger partial charge < -0.3 is 9.73 Å². The molecule has 0 saturated heterocycles. The van der Waals surface area contributed by atoms with E-state index in [4.69, 9.17) is 4.42 Å². The first kappa shape index (κ1) is 15.3. The predicted octanol–water partition coefficient (Wildman–Crippen LogP) is 3.11. The summed E-state index contributed by atoms with van der Waals surface area (Å²) in [5.74, 6) is 0.546. The summed E-state index contributed by atoms with van der Waals surface area (Å²) in [7, 11) is 1.91. The number of carbonyl (C=O) groups excluding carboxylic acids is 1. The normalized spacial score (nSPS) is 11.2. The smallest absolute Gasteiger partial charge is 0.244 e. The molecule has 0 aliphatic rings. The molecule has 6 heteroatoms. The van der Waals surface area contributed by atoms with Gasteiger partial charge in [0.15, 0.2) is 0 Å². The minimum absolute atomic E-state index is 0.120. The van der Waals surface area contributed by atoms with Crippen LogP contribution in [0.5, 0.6) is 0 Å². The molecule has 0 atom stereocenters. The van der Waals surface area contributed by atoms with E-state index in [0.717, 1.165) is 12.0 Å². The number of hydrogen-bond acceptors (Lipinski definition) is 4. The highest BCUT2D eigenvalue weighted by atomic mass is 32.1. The van der Waals surface area contributed by atoms with E-state index in [9.17, 15) is 4.79 Å². The van der Waals surface area contributed by atoms with Crippen molar-refractivity contribution in [3.63, 3.8) is 0 Å². The summed E-state index contributed by atoms with van der Waals surface area (Å²) < 4.78 is 6.92. The predicted molar refractivity (Wildman–Crippen MR) is 91.0 cm³/mol. The number of aryl methyl sites for hydroxylation is 1. The zero-order valence-corrected chi connectivity index (χ0v) is 13.5. The molecule has 0 aromatic carbocycles. The summed E-state index contributed by atoms with van der Waals surface area (Å²) in [5.41, 5.74) is 1.12. The van der Waals surface area contributed by atoms with Crippen LogP contribution in [0.25, 0.3) is 16.5 Å². The average Bonchev–Trinajstić information content (AvgIpc) is 3.26. The fraction of sp³-hybridized carbons (Fsp3) is 0.176. The number of nitrogens with one attached hydrogen (secondary N) is 1. The van der Waals surface area contributed by atoms with Crippen molar-refractivity contribution in [2.24, 2.45) is 7.05 Å². The van der Waals surface area contributed by atoms with Crippen molar-refractivity contribution in [2.45, 2.75) is 6.42 Å². The lowest BCUT2D eigenvalue weighted by atomic mass is 10.3. The molecule has 23 heavy (non-hydrogen) atoms. The number of nitrogens with zero attached hydrogens (tertiary/aromatic N) is 2. The number of rotatable bonds is 6. The Morgan fingerprint density at radius 1 is 1.43 bits per heavy atom. The van der Waals surface area contributed by atoms with Crippen LogP contribution < -0.4 is 5.32 Å². The summed E-state index contributed by atoms with van der Waals surface area (Å²) in [6.07, 6.45) is 9.38. The Labute approximate surface area is 138 Å². The molecule has 1 N–H and O–H groups in total. The third-order valence-corrected chi connectivity index (χ3v) is 4.46. The van der Waals surface area contributed by atoms with E-state index < -0.39 is 0 Å². The Morgan fingerprint density at radius 2 is 2.35 bits per heavy atom. The van der Waals surface area contributed by atoms with Crippen LogP contribution in [0.4, 0.5) is 0 Å². The second-order valence-electron chi connectivity index (χ2n) is 5.06. The lowest BCUT2D eigenvalue weighted by Gasteiger charge is -1.99. The summed E-state index contributed by atoms with van der Waals surface area (Å²) >= 11 is 1.72. The first-order chi connectivity index (χ1) is 11.2. The number of carbonyl (C=O) groups is 1. The maximum absolute atomic E-state index is 11.7. The van der Waals surface area contributed by atoms with Gasteiger partial charge in [0.2, 0.25) is 5.91 Å². The van der Waals surface area contributed by atoms with Crippen LogP contribution in [0.1, 0.15) is 10.6 Å². The van der Waals surface area contributed by atoms with Crippen molar-refractivity contribution in [1.82, 2.24) is 15.1 Å². The summed E-state index contributed by atoms with van der Waals surface area (Å²) in [4.78, 5) is 14.1. The molecular formula is C17H17N3O2S. The zero-order valence-electron chi connectivity index (χ0n) is 12.7. The fourth-order valence-corrected chi connectivity index (χ4v) is 3.11. The van der Waals surface area contributed by atoms with E-state index in [1.165, 1.54) is 15.8 Å². The van der Waals surface area contributed by atoms with Gasteiger partial charge in [0.1, 0.15) is 5.76 Å². The topological polar surface area (TPSA) is 60.1 Å². The van der Waals surface area contributed by atoms with Gasteiger partial charge in [0.05, 0.1) is 12.5 Å². The average molecular weight is 327 g/mol. The van der Waals surface area contributed by atoms with Crippen LogP contribution in [0.2, 0.25) is 0 Å². The zero-order chi connectivity index (χ0) is 16.1. The molecule has 0 aliphatic heterocycles. The van der Waals surface area contributed by atoms with Crippen molar-refractivity contribution in [3.8, 4) is 10.4 Å². The maximum atomic E-state index is 11.7. The molecule has 0 aliphatic carbocycles. The summed E-state index contributed by atoms with van der Waals surface area (Å²) in [5, 5.41) is 7.05. The molecule has 118 valence electrons. The third kappa shape index (κ3) is 4.20. The van der Waals surface area contributed by atoms with Crippen LogP contribution in [-0.4, -0.2) is 22.2 Å². The van der Waals surface area contributed by atoms with E-state index in [1.807, 2.05) is 19.4 Å². The quantitative estimate of drug-likeness (QED) is 0.708. The number of furan rings is 1. The van der Waals surface area contributed by atoms with Gasteiger partial charge >= 0.3 is 0 Å². The van der Waals surface area contributed by atoms with Gasteiger partial charge in [-0.15, -0.1) is 11.3 Å². The Hall–Kier alpha value is -2.60. The van der Waals surface area contributed by atoms with Gasteiger partial charge in [-0.1, -0.05) is 0 Å². The first-order valence-corrected chi connectivity index (χ1v) is 8.09. The molecule has 0 unspecified atom stereocenters. The highest BCUT2D eigenvalue weighted by Gasteiger charge is 2.05. The summed E-state index contributed by atoms with van der Waals surface area (Å²) in [6.45, 7) is 0.605. The second kappa shape index (κ2) is 7.11. The maximum Gasteiger partial charge on any atom is 0.244 e. The van der Waals surface area contributed by atoms with E-state index in [1.54, 1.807) is 40.5 Å². The van der Waals surface area contributed by atoms with Gasteiger partial charge in [-0.05, 0) is 36.8 Å². The molecule has 5 nitrogen and oxygen atoms in total. The summed E-state index contributed by atoms with van der Waals surface area (Å²) in [6, 6.07) is 7.77. The van der Waals surface area contributed by atoms with E-state index in [-0.39, 0.29) is 5.91 Å². The van der Waals surface area contributed by atoms with Crippen molar-refractivity contribution in [2.75, 3.05) is 6.54 Å². The standard InChI is InChI=1S/C17H17N3O2S/c1-20-12-13(11-19-20)16-6-5-15(23-16)8-9-18-17(21)7-4-14-3-2-10-22-14/h2-7,10-12H,8-9H2,1H3,(H,18,21)/b7-4+. The van der Waals surface area contributed by atoms with Gasteiger partial charge in [0, 0.05) is 41.2 Å². The molecule has 0 fully saturated rings. The molecule has 1 amide bonds. The Kier molecular flexibility index (Phi) is 4.73. The number of thiophene rings is 1. The largest absolute Gasteiger partial charge is 0.465 e. The number of aromatic nitrogens is 2. The number of amides is 1. The Morgan fingerprint density at radius 3 is 3.09 bits per heavy atom. The van der Waals surface area contributed by atoms with Crippen molar-refractivity contribution in [1.29, 1.82) is 0 Å². The molecule has 0 radical (unpaired) electrons. The molecule has 0 bridgehead atoms. The monoisotopic (exact) mass is 327 g/mol. The van der Waals surface area contributed by atoms with Crippen molar-refractivity contribution < 1.29 is 9.21 Å². The highest BCUT2D eigenvalue weighted by Crippen LogP contribution is 2.27. The molecule has 3 rings (SSSR count). The SMILES string of the molecule is Cn1cc(-c2ccc(CCNC(=O)/C=C/c3ccco3)s2)cn1. The minimum Gasteiger partial charge on any atom is -0.465 e. The second-order valence-corrected chi connectivity index (χ2v) is 6.23. The molecule has 3 heterocycles. The first-order valence-electron chi connectivity index (χ1n) is 7.28. The van der Waals surface area contributed by atoms with Crippen LogP contribution in [0, 0.1) is 0 Å². The molecule has 3 aromatic rings. The highest BCUT2D eigenvalue weighted by molar-refractivity contribution is 7.15. The van der Waals surface area contributed by atoms with Crippen LogP contribution in [0.3, 0.4) is 0 Å². The van der Waals surface area contributed by atoms with Gasteiger partial charge in [-0.3, -0.25) is 9.48 Å². The van der Waals surface area contributed by atoms with Crippen LogP contribution >= 0.6 is 11.3 Å². The van der Waals surface area contributed by atoms with Crippen LogP contribution in [-0.2, 0) is 18.3 Å². The van der Waals surface area contributed by atoms with Gasteiger partial charge in [-0.2, -0.15) is 5.10 Å². The molecule has 0 saturated carbocycles. The van der Waals surface area contributed by atoms with E-state index >= 15 is 0 Å². The fourth-order valence-electron chi connectivity index (χ4n) is 2.13. The lowest BCUT2D eigenvalue weighted by Crippen LogP contribution is -2.23. The van der Waals surface area contributed by atoms with Crippen LogP contribution in [0.15, 0.2) is 53.4 Å². The number of hydrogen-bond donors (Lipinski definition) is 1. The Bertz CT molecular complexity index is 800. The Balaban J connectivity index is 1.47. The molecular weight excluding hydrogens is 310 g/mol.